The molecule has 1 fully saturated rings. The van der Waals surface area contributed by atoms with Crippen LogP contribution in [0.15, 0.2) is 34.0 Å². The number of rotatable bonds is 10. The molecule has 2 heterocycles. The summed E-state index contributed by atoms with van der Waals surface area (Å²) in [5, 5.41) is 20.1. The minimum atomic E-state index is -0.678. The van der Waals surface area contributed by atoms with Gasteiger partial charge >= 0.3 is 0 Å². The number of hydrogen-bond acceptors (Lipinski definition) is 9. The van der Waals surface area contributed by atoms with Crippen molar-refractivity contribution in [3.8, 4) is 17.7 Å². The predicted octanol–water partition coefficient (Wildman–Crippen LogP) is 3.25. The van der Waals surface area contributed by atoms with E-state index in [4.69, 9.17) is 21.7 Å². The Morgan fingerprint density at radius 2 is 1.92 bits per heavy atom. The quantitative estimate of drug-likeness (QED) is 0.282. The summed E-state index contributed by atoms with van der Waals surface area (Å²) in [6.45, 7) is 1.78. The molecule has 3 rings (SSSR count). The summed E-state index contributed by atoms with van der Waals surface area (Å²) < 4.78 is 11.5. The summed E-state index contributed by atoms with van der Waals surface area (Å²) in [5.74, 6) is -0.465. The summed E-state index contributed by atoms with van der Waals surface area (Å²) in [7, 11) is 3.02. The number of methoxy groups -OCH3 is 2. The molecule has 0 spiro atoms. The lowest BCUT2D eigenvalue weighted by Crippen LogP contribution is -2.30. The SMILES string of the molecule is COCCn1c(O)c(C(=O)CCCN2C(=O)/C(=C/c3ccc(OC)cc3)SC2=S)c(C)c(C#N)c1=O. The van der Waals surface area contributed by atoms with E-state index in [1.165, 1.54) is 30.7 Å². The highest BCUT2D eigenvalue weighted by molar-refractivity contribution is 8.26. The molecule has 2 aromatic rings. The van der Waals surface area contributed by atoms with Crippen LogP contribution in [0.3, 0.4) is 0 Å². The fourth-order valence-corrected chi connectivity index (χ4v) is 5.05. The maximum Gasteiger partial charge on any atom is 0.271 e. The largest absolute Gasteiger partial charge is 0.497 e. The first-order valence-electron chi connectivity index (χ1n) is 11.0. The molecule has 0 unspecified atom stereocenters. The van der Waals surface area contributed by atoms with Crippen LogP contribution in [0.1, 0.15) is 39.9 Å². The fourth-order valence-electron chi connectivity index (χ4n) is 3.74. The van der Waals surface area contributed by atoms with Crippen LogP contribution in [0.2, 0.25) is 0 Å². The zero-order valence-electron chi connectivity index (χ0n) is 20.1. The number of ketones is 1. The maximum atomic E-state index is 13.0. The van der Waals surface area contributed by atoms with E-state index in [2.05, 4.69) is 0 Å². The Kier molecular flexibility index (Phi) is 9.03. The number of aromatic hydroxyl groups is 1. The lowest BCUT2D eigenvalue weighted by molar-refractivity contribution is -0.122. The van der Waals surface area contributed by atoms with E-state index in [0.29, 0.717) is 15.0 Å². The Balaban J connectivity index is 1.72. The van der Waals surface area contributed by atoms with Crippen molar-refractivity contribution in [1.82, 2.24) is 9.47 Å². The average Bonchev–Trinajstić information content (AvgIpc) is 3.12. The van der Waals surface area contributed by atoms with Gasteiger partial charge in [-0.1, -0.05) is 36.1 Å². The summed E-state index contributed by atoms with van der Waals surface area (Å²) in [6.07, 6.45) is 2.01. The highest BCUT2D eigenvalue weighted by Crippen LogP contribution is 2.33. The molecule has 36 heavy (non-hydrogen) atoms. The number of Topliss-reactive ketones (excluding diaryl/α,β-unsaturated/α-hetero) is 1. The number of hydrogen-bond donors (Lipinski definition) is 1. The molecule has 1 N–H and O–H groups in total. The van der Waals surface area contributed by atoms with Crippen molar-refractivity contribution < 1.29 is 24.2 Å². The van der Waals surface area contributed by atoms with E-state index in [9.17, 15) is 24.8 Å². The number of pyridine rings is 1. The number of aromatic nitrogens is 1. The fraction of sp³-hybridized carbons (Fsp3) is 0.320. The number of benzene rings is 1. The van der Waals surface area contributed by atoms with Gasteiger partial charge in [0.15, 0.2) is 5.78 Å². The third kappa shape index (κ3) is 5.67. The summed E-state index contributed by atoms with van der Waals surface area (Å²) in [6, 6.07) is 9.09. The van der Waals surface area contributed by atoms with Gasteiger partial charge in [-0.3, -0.25) is 23.9 Å². The molecule has 0 radical (unpaired) electrons. The molecule has 0 aliphatic carbocycles. The number of thiocarbonyl (C=S) groups is 1. The van der Waals surface area contributed by atoms with Crippen LogP contribution in [0.5, 0.6) is 11.6 Å². The number of nitriles is 1. The summed E-state index contributed by atoms with van der Waals surface area (Å²) in [4.78, 5) is 40.3. The van der Waals surface area contributed by atoms with Gasteiger partial charge < -0.3 is 14.6 Å². The summed E-state index contributed by atoms with van der Waals surface area (Å²) in [5.41, 5.74) is 0.00301. The second-order valence-electron chi connectivity index (χ2n) is 7.89. The van der Waals surface area contributed by atoms with Crippen molar-refractivity contribution in [1.29, 1.82) is 5.26 Å². The number of thioether (sulfide) groups is 1. The Hall–Kier alpha value is -3.46. The van der Waals surface area contributed by atoms with Crippen LogP contribution >= 0.6 is 24.0 Å². The van der Waals surface area contributed by atoms with Crippen molar-refractivity contribution in [3.63, 3.8) is 0 Å². The van der Waals surface area contributed by atoms with Crippen LogP contribution in [0, 0.1) is 18.3 Å². The van der Waals surface area contributed by atoms with Crippen LogP contribution in [-0.2, 0) is 16.1 Å². The number of amides is 1. The van der Waals surface area contributed by atoms with Gasteiger partial charge in [0.1, 0.15) is 21.7 Å². The van der Waals surface area contributed by atoms with Gasteiger partial charge in [0.2, 0.25) is 5.88 Å². The molecule has 1 aliphatic heterocycles. The van der Waals surface area contributed by atoms with E-state index in [1.807, 2.05) is 18.2 Å². The second kappa shape index (κ2) is 12.0. The Labute approximate surface area is 217 Å². The van der Waals surface area contributed by atoms with Crippen LogP contribution in [-0.4, -0.2) is 58.0 Å². The second-order valence-corrected chi connectivity index (χ2v) is 9.57. The zero-order valence-corrected chi connectivity index (χ0v) is 21.7. The minimum absolute atomic E-state index is 0.00646. The number of nitrogens with zero attached hydrogens (tertiary/aromatic N) is 3. The van der Waals surface area contributed by atoms with Gasteiger partial charge in [0.25, 0.3) is 11.5 Å². The molecule has 0 atom stereocenters. The van der Waals surface area contributed by atoms with Crippen molar-refractivity contribution in [3.05, 3.63) is 61.8 Å². The molecule has 1 aromatic heterocycles. The highest BCUT2D eigenvalue weighted by Gasteiger charge is 2.32. The van der Waals surface area contributed by atoms with E-state index in [1.54, 1.807) is 25.3 Å². The van der Waals surface area contributed by atoms with E-state index < -0.39 is 17.2 Å². The third-order valence-corrected chi connectivity index (χ3v) is 7.05. The predicted molar refractivity (Wildman–Crippen MR) is 140 cm³/mol. The minimum Gasteiger partial charge on any atom is -0.497 e. The summed E-state index contributed by atoms with van der Waals surface area (Å²) >= 11 is 6.56. The molecule has 0 saturated carbocycles. The van der Waals surface area contributed by atoms with Crippen LogP contribution in [0.4, 0.5) is 0 Å². The van der Waals surface area contributed by atoms with E-state index in [0.717, 1.165) is 10.1 Å². The lowest BCUT2D eigenvalue weighted by atomic mass is 9.99. The number of carbonyl (C=O) groups excluding carboxylic acids is 2. The molecule has 1 amide bonds. The molecular formula is C25H25N3O6S2. The van der Waals surface area contributed by atoms with Crippen molar-refractivity contribution >= 4 is 46.1 Å². The number of ether oxygens (including phenoxy) is 2. The first-order valence-corrected chi connectivity index (χ1v) is 12.2. The van der Waals surface area contributed by atoms with E-state index >= 15 is 0 Å². The van der Waals surface area contributed by atoms with Gasteiger partial charge in [-0.25, -0.2) is 0 Å². The zero-order chi connectivity index (χ0) is 26.4. The lowest BCUT2D eigenvalue weighted by Gasteiger charge is -2.16. The number of carbonyl (C=O) groups is 2. The van der Waals surface area contributed by atoms with Crippen LogP contribution < -0.4 is 10.3 Å². The van der Waals surface area contributed by atoms with Crippen LogP contribution in [0.25, 0.3) is 6.08 Å². The standard InChI is InChI=1S/C25H25N3O6S2/c1-15-18(14-26)22(30)27(11-12-33-2)24(32)21(15)19(29)5-4-10-28-23(31)20(36-25(28)35)13-16-6-8-17(34-3)9-7-16/h6-9,13,32H,4-5,10-12H2,1-3H3/b20-13-. The van der Waals surface area contributed by atoms with Crippen molar-refractivity contribution in [2.24, 2.45) is 0 Å². The molecule has 1 aliphatic rings. The smallest absolute Gasteiger partial charge is 0.271 e. The normalized spacial score (nSPS) is 14.4. The molecular weight excluding hydrogens is 502 g/mol. The Morgan fingerprint density at radius 3 is 2.53 bits per heavy atom. The monoisotopic (exact) mass is 527 g/mol. The molecule has 9 nitrogen and oxygen atoms in total. The van der Waals surface area contributed by atoms with Gasteiger partial charge in [-0.2, -0.15) is 5.26 Å². The van der Waals surface area contributed by atoms with Crippen molar-refractivity contribution in [2.45, 2.75) is 26.3 Å². The van der Waals surface area contributed by atoms with Gasteiger partial charge in [0, 0.05) is 20.1 Å². The molecule has 188 valence electrons. The molecule has 0 bridgehead atoms. The average molecular weight is 528 g/mol. The molecule has 11 heteroatoms. The molecule has 1 aromatic carbocycles. The highest BCUT2D eigenvalue weighted by atomic mass is 32.2. The Bertz CT molecular complexity index is 1330. The first kappa shape index (κ1) is 27.1. The first-order chi connectivity index (χ1) is 17.2. The van der Waals surface area contributed by atoms with Gasteiger partial charge in [0.05, 0.1) is 30.7 Å². The topological polar surface area (TPSA) is 122 Å². The van der Waals surface area contributed by atoms with E-state index in [-0.39, 0.29) is 55.1 Å². The Morgan fingerprint density at radius 1 is 1.22 bits per heavy atom. The van der Waals surface area contributed by atoms with Crippen molar-refractivity contribution in [2.75, 3.05) is 27.4 Å². The third-order valence-electron chi connectivity index (χ3n) is 5.67. The van der Waals surface area contributed by atoms with Gasteiger partial charge in [-0.15, -0.1) is 0 Å². The van der Waals surface area contributed by atoms with Gasteiger partial charge in [-0.05, 0) is 42.7 Å². The molecule has 1 saturated heterocycles. The maximum absolute atomic E-state index is 13.0.